The highest BCUT2D eigenvalue weighted by Crippen LogP contribution is 1.68. The number of nitrogens with zero attached hydrogens (tertiary/aromatic N) is 4. The number of hydrogen-bond donors (Lipinski definition) is 5. The molecule has 0 saturated heterocycles. The van der Waals surface area contributed by atoms with Gasteiger partial charge < -0.3 is 17.4 Å². The van der Waals surface area contributed by atoms with Crippen molar-refractivity contribution >= 4 is 24.2 Å². The van der Waals surface area contributed by atoms with Crippen LogP contribution in [-0.2, 0) is 0 Å². The second-order valence-electron chi connectivity index (χ2n) is 2.04. The van der Waals surface area contributed by atoms with Crippen LogP contribution in [-0.4, -0.2) is 24.2 Å². The standard InChI is InChI=1S/C5H13N9/c1-4(13-11-3-9-7)2-10-14-5(6)12-8/h2-3H,7-8H2,1H3,(H,9,11)(H3,6,12,14). The van der Waals surface area contributed by atoms with Crippen LogP contribution < -0.4 is 28.3 Å². The van der Waals surface area contributed by atoms with Crippen LogP contribution in [0.5, 0.6) is 0 Å². The Hall–Kier alpha value is -2.32. The van der Waals surface area contributed by atoms with Gasteiger partial charge in [-0.05, 0) is 6.92 Å². The zero-order chi connectivity index (χ0) is 10.8. The normalized spacial score (nSPS) is 13.8. The van der Waals surface area contributed by atoms with E-state index in [1.54, 1.807) is 6.92 Å². The van der Waals surface area contributed by atoms with Gasteiger partial charge in [0.15, 0.2) is 0 Å². The first-order chi connectivity index (χ1) is 6.70. The SMILES string of the molecule is CC(C=NNC(N)=NN)=NNC=NN. The zero-order valence-corrected chi connectivity index (χ0v) is 7.68. The largest absolute Gasteiger partial charge is 0.367 e. The minimum Gasteiger partial charge on any atom is -0.367 e. The van der Waals surface area contributed by atoms with Crippen LogP contribution in [0.2, 0.25) is 0 Å². The highest BCUT2D eigenvalue weighted by molar-refractivity contribution is 6.29. The van der Waals surface area contributed by atoms with Crippen LogP contribution >= 0.6 is 0 Å². The van der Waals surface area contributed by atoms with Crippen molar-refractivity contribution < 1.29 is 0 Å². The fourth-order valence-corrected chi connectivity index (χ4v) is 0.414. The van der Waals surface area contributed by atoms with E-state index in [1.807, 2.05) is 0 Å². The van der Waals surface area contributed by atoms with Gasteiger partial charge in [0.25, 0.3) is 0 Å². The van der Waals surface area contributed by atoms with Crippen molar-refractivity contribution in [1.82, 2.24) is 10.9 Å². The second kappa shape index (κ2) is 7.34. The number of nitrogens with one attached hydrogen (secondary N) is 2. The Morgan fingerprint density at radius 3 is 2.64 bits per heavy atom. The Balaban J connectivity index is 3.92. The first kappa shape index (κ1) is 11.7. The lowest BCUT2D eigenvalue weighted by atomic mass is 10.5. The quantitative estimate of drug-likeness (QED) is 0.148. The lowest BCUT2D eigenvalue weighted by molar-refractivity contribution is 0.992. The molecule has 0 radical (unpaired) electrons. The molecule has 0 fully saturated rings. The van der Waals surface area contributed by atoms with Gasteiger partial charge in [-0.3, -0.25) is 5.43 Å². The molecule has 14 heavy (non-hydrogen) atoms. The minimum absolute atomic E-state index is 0.00512. The monoisotopic (exact) mass is 199 g/mol. The summed E-state index contributed by atoms with van der Waals surface area (Å²) in [5.74, 6) is 9.66. The smallest absolute Gasteiger partial charge is 0.231 e. The third-order valence-corrected chi connectivity index (χ3v) is 0.943. The highest BCUT2D eigenvalue weighted by Gasteiger charge is 1.85. The molecule has 9 heteroatoms. The lowest BCUT2D eigenvalue weighted by Gasteiger charge is -1.95. The number of guanidine groups is 1. The highest BCUT2D eigenvalue weighted by atomic mass is 15.4. The first-order valence-corrected chi connectivity index (χ1v) is 3.54. The molecular weight excluding hydrogens is 186 g/mol. The van der Waals surface area contributed by atoms with Crippen LogP contribution in [0.4, 0.5) is 0 Å². The van der Waals surface area contributed by atoms with Crippen LogP contribution in [0.15, 0.2) is 20.4 Å². The van der Waals surface area contributed by atoms with E-state index in [2.05, 4.69) is 31.3 Å². The van der Waals surface area contributed by atoms with Gasteiger partial charge in [-0.2, -0.15) is 15.3 Å². The van der Waals surface area contributed by atoms with Gasteiger partial charge in [-0.1, -0.05) is 0 Å². The topological polar surface area (TPSA) is 152 Å². The van der Waals surface area contributed by atoms with Crippen LogP contribution in [0.1, 0.15) is 6.92 Å². The predicted octanol–water partition coefficient (Wildman–Crippen LogP) is -2.38. The van der Waals surface area contributed by atoms with Crippen molar-refractivity contribution in [3.05, 3.63) is 0 Å². The number of hydrazone groups is 4. The summed E-state index contributed by atoms with van der Waals surface area (Å²) in [4.78, 5) is 0. The minimum atomic E-state index is 0.00512. The van der Waals surface area contributed by atoms with Crippen molar-refractivity contribution in [2.75, 3.05) is 0 Å². The number of hydrogen-bond acceptors (Lipinski definition) is 6. The molecule has 0 aliphatic heterocycles. The molecule has 0 aromatic carbocycles. The fraction of sp³-hybridized carbons (Fsp3) is 0.200. The van der Waals surface area contributed by atoms with Crippen molar-refractivity contribution in [1.29, 1.82) is 0 Å². The molecule has 0 saturated carbocycles. The van der Waals surface area contributed by atoms with E-state index in [4.69, 9.17) is 17.4 Å². The molecule has 0 aromatic rings. The molecule has 0 amide bonds. The van der Waals surface area contributed by atoms with Gasteiger partial charge in [0.1, 0.15) is 6.34 Å². The Morgan fingerprint density at radius 2 is 2.07 bits per heavy atom. The van der Waals surface area contributed by atoms with Crippen LogP contribution in [0.3, 0.4) is 0 Å². The molecular formula is C5H13N9. The van der Waals surface area contributed by atoms with Gasteiger partial charge in [0.2, 0.25) is 5.96 Å². The van der Waals surface area contributed by atoms with E-state index in [0.29, 0.717) is 5.71 Å². The van der Waals surface area contributed by atoms with Gasteiger partial charge in [0, 0.05) is 0 Å². The first-order valence-electron chi connectivity index (χ1n) is 3.54. The van der Waals surface area contributed by atoms with E-state index in [9.17, 15) is 0 Å². The molecule has 0 spiro atoms. The van der Waals surface area contributed by atoms with Gasteiger partial charge in [-0.15, -0.1) is 5.10 Å². The van der Waals surface area contributed by atoms with E-state index in [-0.39, 0.29) is 5.96 Å². The molecule has 0 bridgehead atoms. The van der Waals surface area contributed by atoms with Gasteiger partial charge >= 0.3 is 0 Å². The van der Waals surface area contributed by atoms with Crippen molar-refractivity contribution in [2.24, 2.45) is 37.8 Å². The molecule has 0 aliphatic rings. The molecule has 8 N–H and O–H groups in total. The van der Waals surface area contributed by atoms with Crippen molar-refractivity contribution in [3.8, 4) is 0 Å². The van der Waals surface area contributed by atoms with Crippen molar-refractivity contribution in [2.45, 2.75) is 6.92 Å². The van der Waals surface area contributed by atoms with Crippen LogP contribution in [0.25, 0.3) is 0 Å². The van der Waals surface area contributed by atoms with E-state index in [0.717, 1.165) is 0 Å². The summed E-state index contributed by atoms with van der Waals surface area (Å²) in [5, 5.41) is 13.7. The van der Waals surface area contributed by atoms with E-state index >= 15 is 0 Å². The molecule has 0 atom stereocenters. The lowest BCUT2D eigenvalue weighted by Crippen LogP contribution is -2.28. The molecule has 0 unspecified atom stereocenters. The Kier molecular flexibility index (Phi) is 6.12. The third-order valence-electron chi connectivity index (χ3n) is 0.943. The van der Waals surface area contributed by atoms with Gasteiger partial charge in [-0.25, -0.2) is 5.43 Å². The second-order valence-corrected chi connectivity index (χ2v) is 2.04. The maximum Gasteiger partial charge on any atom is 0.231 e. The molecule has 0 aliphatic carbocycles. The average Bonchev–Trinajstić information content (AvgIpc) is 2.18. The van der Waals surface area contributed by atoms with E-state index in [1.165, 1.54) is 12.6 Å². The number of nitrogens with two attached hydrogens (primary N) is 3. The molecule has 0 heterocycles. The summed E-state index contributed by atoms with van der Waals surface area (Å²) in [7, 11) is 0. The summed E-state index contributed by atoms with van der Waals surface area (Å²) < 4.78 is 0. The van der Waals surface area contributed by atoms with Gasteiger partial charge in [0.05, 0.1) is 11.9 Å². The third kappa shape index (κ3) is 6.39. The average molecular weight is 199 g/mol. The number of rotatable bonds is 4. The molecule has 78 valence electrons. The molecule has 9 nitrogen and oxygen atoms in total. The molecule has 0 rings (SSSR count). The summed E-state index contributed by atoms with van der Waals surface area (Å²) in [6.07, 6.45) is 2.63. The summed E-state index contributed by atoms with van der Waals surface area (Å²) >= 11 is 0. The Labute approximate surface area is 80.8 Å². The Bertz CT molecular complexity index is 262. The molecule has 0 aromatic heterocycles. The maximum absolute atomic E-state index is 5.19. The van der Waals surface area contributed by atoms with Crippen LogP contribution in [0, 0.1) is 0 Å². The zero-order valence-electron chi connectivity index (χ0n) is 7.68. The summed E-state index contributed by atoms with van der Waals surface area (Å²) in [6, 6.07) is 0. The fourth-order valence-electron chi connectivity index (χ4n) is 0.414. The maximum atomic E-state index is 5.19. The summed E-state index contributed by atoms with van der Waals surface area (Å²) in [6.45, 7) is 1.71. The summed E-state index contributed by atoms with van der Waals surface area (Å²) in [5.41, 5.74) is 10.6. The van der Waals surface area contributed by atoms with Crippen molar-refractivity contribution in [3.63, 3.8) is 0 Å². The Morgan fingerprint density at radius 1 is 1.36 bits per heavy atom. The van der Waals surface area contributed by atoms with E-state index < -0.39 is 0 Å². The predicted molar refractivity (Wildman–Crippen MR) is 56.4 cm³/mol.